The Bertz CT molecular complexity index is 318. The zero-order valence-corrected chi connectivity index (χ0v) is 11.8. The highest BCUT2D eigenvalue weighted by atomic mass is 16.3. The molecule has 0 aliphatic carbocycles. The van der Waals surface area contributed by atoms with Crippen LogP contribution < -0.4 is 10.2 Å². The summed E-state index contributed by atoms with van der Waals surface area (Å²) in [5, 5.41) is 12.5. The number of nitrogens with one attached hydrogen (secondary N) is 1. The van der Waals surface area contributed by atoms with Gasteiger partial charge in [0.2, 0.25) is 0 Å². The standard InChI is InChI=1S/C15H26N2O/c1-4-10-17(11-12-18)15-8-6-14(7-9-15)13(3)16-5-2/h6-9,13,16,18H,4-5,10-12H2,1-3H3. The molecular weight excluding hydrogens is 224 g/mol. The van der Waals surface area contributed by atoms with E-state index in [1.54, 1.807) is 0 Å². The molecule has 2 N–H and O–H groups in total. The minimum Gasteiger partial charge on any atom is -0.395 e. The van der Waals surface area contributed by atoms with E-state index in [1.165, 1.54) is 11.3 Å². The maximum atomic E-state index is 9.09. The molecule has 0 bridgehead atoms. The number of anilines is 1. The highest BCUT2D eigenvalue weighted by molar-refractivity contribution is 5.48. The van der Waals surface area contributed by atoms with Crippen molar-refractivity contribution in [3.05, 3.63) is 29.8 Å². The van der Waals surface area contributed by atoms with Crippen molar-refractivity contribution in [2.24, 2.45) is 0 Å². The van der Waals surface area contributed by atoms with E-state index in [2.05, 4.69) is 55.3 Å². The van der Waals surface area contributed by atoms with Crippen molar-refractivity contribution >= 4 is 5.69 Å². The maximum Gasteiger partial charge on any atom is 0.0606 e. The second-order valence-electron chi connectivity index (χ2n) is 4.58. The van der Waals surface area contributed by atoms with Crippen LogP contribution in [0.3, 0.4) is 0 Å². The first kappa shape index (κ1) is 15.0. The molecule has 1 rings (SSSR count). The summed E-state index contributed by atoms with van der Waals surface area (Å²) in [4.78, 5) is 2.22. The van der Waals surface area contributed by atoms with E-state index < -0.39 is 0 Å². The summed E-state index contributed by atoms with van der Waals surface area (Å²) < 4.78 is 0. The molecular formula is C15H26N2O. The van der Waals surface area contributed by atoms with Crippen LogP contribution in [0.1, 0.15) is 38.8 Å². The van der Waals surface area contributed by atoms with Gasteiger partial charge < -0.3 is 15.3 Å². The van der Waals surface area contributed by atoms with Gasteiger partial charge in [-0.2, -0.15) is 0 Å². The van der Waals surface area contributed by atoms with Crippen LogP contribution in [0.25, 0.3) is 0 Å². The number of benzene rings is 1. The van der Waals surface area contributed by atoms with E-state index >= 15 is 0 Å². The second-order valence-corrected chi connectivity index (χ2v) is 4.58. The molecule has 0 amide bonds. The summed E-state index contributed by atoms with van der Waals surface area (Å²) in [5.41, 5.74) is 2.50. The fourth-order valence-corrected chi connectivity index (χ4v) is 2.16. The normalized spacial score (nSPS) is 12.4. The van der Waals surface area contributed by atoms with Crippen molar-refractivity contribution in [2.45, 2.75) is 33.2 Å². The highest BCUT2D eigenvalue weighted by Crippen LogP contribution is 2.19. The van der Waals surface area contributed by atoms with Gasteiger partial charge in [0, 0.05) is 24.8 Å². The number of hydrogen-bond acceptors (Lipinski definition) is 3. The van der Waals surface area contributed by atoms with Crippen LogP contribution in [0.5, 0.6) is 0 Å². The highest BCUT2D eigenvalue weighted by Gasteiger charge is 2.07. The van der Waals surface area contributed by atoms with Gasteiger partial charge in [0.25, 0.3) is 0 Å². The molecule has 0 saturated carbocycles. The van der Waals surface area contributed by atoms with Gasteiger partial charge in [-0.1, -0.05) is 26.0 Å². The molecule has 0 aliphatic heterocycles. The van der Waals surface area contributed by atoms with Crippen LogP contribution in [0.4, 0.5) is 5.69 Å². The van der Waals surface area contributed by atoms with Gasteiger partial charge in [-0.05, 0) is 37.6 Å². The Kier molecular flexibility index (Phi) is 6.76. The van der Waals surface area contributed by atoms with Gasteiger partial charge in [-0.25, -0.2) is 0 Å². The molecule has 1 aromatic carbocycles. The summed E-state index contributed by atoms with van der Waals surface area (Å²) >= 11 is 0. The van der Waals surface area contributed by atoms with Crippen LogP contribution in [0.2, 0.25) is 0 Å². The number of rotatable bonds is 8. The minimum atomic E-state index is 0.204. The third-order valence-corrected chi connectivity index (χ3v) is 3.13. The third kappa shape index (κ3) is 4.31. The Labute approximate surface area is 111 Å². The second kappa shape index (κ2) is 8.11. The predicted octanol–water partition coefficient (Wildman–Crippen LogP) is 2.57. The van der Waals surface area contributed by atoms with Crippen molar-refractivity contribution in [1.29, 1.82) is 0 Å². The Morgan fingerprint density at radius 1 is 1.17 bits per heavy atom. The quantitative estimate of drug-likeness (QED) is 0.744. The summed E-state index contributed by atoms with van der Waals surface area (Å²) in [5.74, 6) is 0. The minimum absolute atomic E-state index is 0.204. The van der Waals surface area contributed by atoms with Crippen molar-refractivity contribution in [1.82, 2.24) is 5.32 Å². The van der Waals surface area contributed by atoms with E-state index in [0.717, 1.165) is 19.5 Å². The van der Waals surface area contributed by atoms with Crippen LogP contribution in [-0.4, -0.2) is 31.3 Å². The zero-order chi connectivity index (χ0) is 13.4. The lowest BCUT2D eigenvalue weighted by Gasteiger charge is -2.24. The monoisotopic (exact) mass is 250 g/mol. The van der Waals surface area contributed by atoms with Gasteiger partial charge in [-0.15, -0.1) is 0 Å². The third-order valence-electron chi connectivity index (χ3n) is 3.13. The first-order valence-corrected chi connectivity index (χ1v) is 6.92. The molecule has 1 atom stereocenters. The van der Waals surface area contributed by atoms with Crippen molar-refractivity contribution in [2.75, 3.05) is 31.1 Å². The average molecular weight is 250 g/mol. The summed E-state index contributed by atoms with van der Waals surface area (Å²) in [6.07, 6.45) is 1.09. The molecule has 3 heteroatoms. The smallest absolute Gasteiger partial charge is 0.0606 e. The first-order valence-electron chi connectivity index (χ1n) is 6.92. The SMILES string of the molecule is CCCN(CCO)c1ccc(C(C)NCC)cc1. The molecule has 0 saturated heterocycles. The summed E-state index contributed by atoms with van der Waals surface area (Å²) in [6, 6.07) is 9.02. The Balaban J connectivity index is 2.73. The molecule has 102 valence electrons. The Hall–Kier alpha value is -1.06. The van der Waals surface area contributed by atoms with Crippen molar-refractivity contribution in [3.8, 4) is 0 Å². The lowest BCUT2D eigenvalue weighted by molar-refractivity contribution is 0.302. The van der Waals surface area contributed by atoms with Gasteiger partial charge in [0.05, 0.1) is 6.61 Å². The topological polar surface area (TPSA) is 35.5 Å². The van der Waals surface area contributed by atoms with Gasteiger partial charge >= 0.3 is 0 Å². The molecule has 0 spiro atoms. The predicted molar refractivity (Wildman–Crippen MR) is 78.1 cm³/mol. The lowest BCUT2D eigenvalue weighted by Crippen LogP contribution is -2.27. The maximum absolute atomic E-state index is 9.09. The van der Waals surface area contributed by atoms with Gasteiger partial charge in [0.15, 0.2) is 0 Å². The van der Waals surface area contributed by atoms with Crippen molar-refractivity contribution < 1.29 is 5.11 Å². The van der Waals surface area contributed by atoms with E-state index in [-0.39, 0.29) is 6.61 Å². The number of hydrogen-bond donors (Lipinski definition) is 2. The van der Waals surface area contributed by atoms with Crippen LogP contribution in [0.15, 0.2) is 24.3 Å². The average Bonchev–Trinajstić information content (AvgIpc) is 2.39. The molecule has 18 heavy (non-hydrogen) atoms. The van der Waals surface area contributed by atoms with Crippen LogP contribution in [-0.2, 0) is 0 Å². The Morgan fingerprint density at radius 2 is 1.83 bits per heavy atom. The zero-order valence-electron chi connectivity index (χ0n) is 11.8. The number of aliphatic hydroxyl groups is 1. The molecule has 3 nitrogen and oxygen atoms in total. The lowest BCUT2D eigenvalue weighted by atomic mass is 10.1. The fourth-order valence-electron chi connectivity index (χ4n) is 2.16. The summed E-state index contributed by atoms with van der Waals surface area (Å²) in [7, 11) is 0. The molecule has 0 fully saturated rings. The number of aliphatic hydroxyl groups excluding tert-OH is 1. The van der Waals surface area contributed by atoms with E-state index in [4.69, 9.17) is 5.11 Å². The van der Waals surface area contributed by atoms with E-state index in [9.17, 15) is 0 Å². The van der Waals surface area contributed by atoms with Gasteiger partial charge in [0.1, 0.15) is 0 Å². The molecule has 1 aromatic rings. The molecule has 0 aromatic heterocycles. The largest absolute Gasteiger partial charge is 0.395 e. The van der Waals surface area contributed by atoms with Crippen LogP contribution >= 0.6 is 0 Å². The van der Waals surface area contributed by atoms with Gasteiger partial charge in [-0.3, -0.25) is 0 Å². The first-order chi connectivity index (χ1) is 8.72. The van der Waals surface area contributed by atoms with Crippen molar-refractivity contribution in [3.63, 3.8) is 0 Å². The molecule has 0 heterocycles. The molecule has 0 aliphatic rings. The summed E-state index contributed by atoms with van der Waals surface area (Å²) in [6.45, 7) is 9.33. The Morgan fingerprint density at radius 3 is 2.33 bits per heavy atom. The number of nitrogens with zero attached hydrogens (tertiary/aromatic N) is 1. The van der Waals surface area contributed by atoms with E-state index in [1.807, 2.05) is 0 Å². The fraction of sp³-hybridized carbons (Fsp3) is 0.600. The van der Waals surface area contributed by atoms with Crippen LogP contribution in [0, 0.1) is 0 Å². The molecule has 1 unspecified atom stereocenters. The molecule has 0 radical (unpaired) electrons. The van der Waals surface area contributed by atoms with E-state index in [0.29, 0.717) is 12.6 Å².